The second-order valence-electron chi connectivity index (χ2n) is 8.44. The molecule has 1 amide bonds. The van der Waals surface area contributed by atoms with E-state index in [0.29, 0.717) is 12.1 Å². The van der Waals surface area contributed by atoms with Crippen LogP contribution in [0.4, 0.5) is 18.6 Å². The zero-order valence-electron chi connectivity index (χ0n) is 18.7. The molecule has 2 nitrogen and oxygen atoms in total. The van der Waals surface area contributed by atoms with Crippen molar-refractivity contribution < 1.29 is 17.7 Å². The van der Waals surface area contributed by atoms with Gasteiger partial charge in [0.05, 0.1) is 0 Å². The summed E-state index contributed by atoms with van der Waals surface area (Å²) in [6.45, 7) is -2.73. The molecule has 0 saturated carbocycles. The maximum atomic E-state index is 12.6. The van der Waals surface area contributed by atoms with E-state index < -0.39 is 12.4 Å². The summed E-state index contributed by atoms with van der Waals surface area (Å²) >= 11 is 0. The van der Waals surface area contributed by atoms with Crippen LogP contribution in [0.25, 0.3) is 0 Å². The Morgan fingerprint density at radius 2 is 1.10 bits per heavy atom. The summed E-state index contributed by atoms with van der Waals surface area (Å²) in [4.78, 5) is 11.9. The third kappa shape index (κ3) is 13.7. The van der Waals surface area contributed by atoms with Gasteiger partial charge in [-0.05, 0) is 18.6 Å². The van der Waals surface area contributed by atoms with Crippen molar-refractivity contribution in [3.8, 4) is 0 Å². The van der Waals surface area contributed by atoms with Gasteiger partial charge in [-0.2, -0.15) is 0 Å². The molecule has 0 aliphatic heterocycles. The van der Waals surface area contributed by atoms with Crippen LogP contribution >= 0.6 is 0 Å². The summed E-state index contributed by atoms with van der Waals surface area (Å²) in [7, 11) is 0. The summed E-state index contributed by atoms with van der Waals surface area (Å²) in [5, 5.41) is 2.67. The quantitative estimate of drug-likeness (QED) is 0.187. The van der Waals surface area contributed by atoms with Gasteiger partial charge in [0, 0.05) is 12.1 Å². The van der Waals surface area contributed by atoms with Gasteiger partial charge in [0.1, 0.15) is 0 Å². The van der Waals surface area contributed by atoms with Gasteiger partial charge < -0.3 is 18.3 Å². The SMILES string of the molecule is CCCCCCCCCCCCCCCCCC(=O)Nc1ccc([B-](F)(F)F)cc1. The highest BCUT2D eigenvalue weighted by molar-refractivity contribution is 6.73. The fourth-order valence-corrected chi connectivity index (χ4v) is 3.67. The first-order valence-electron chi connectivity index (χ1n) is 12.0. The number of hydrogen-bond donors (Lipinski definition) is 1. The molecule has 0 spiro atoms. The normalized spacial score (nSPS) is 11.6. The number of unbranched alkanes of at least 4 members (excludes halogenated alkanes) is 14. The van der Waals surface area contributed by atoms with Crippen LogP contribution in [0.2, 0.25) is 0 Å². The van der Waals surface area contributed by atoms with E-state index in [1.165, 1.54) is 89.2 Å². The van der Waals surface area contributed by atoms with E-state index in [-0.39, 0.29) is 5.91 Å². The molecule has 0 atom stereocenters. The van der Waals surface area contributed by atoms with Crippen molar-refractivity contribution in [1.82, 2.24) is 0 Å². The fraction of sp³-hybridized carbons (Fsp3) is 0.708. The predicted molar refractivity (Wildman–Crippen MR) is 123 cm³/mol. The van der Waals surface area contributed by atoms with E-state index in [2.05, 4.69) is 12.2 Å². The van der Waals surface area contributed by atoms with E-state index >= 15 is 0 Å². The fourth-order valence-electron chi connectivity index (χ4n) is 3.67. The molecule has 0 radical (unpaired) electrons. The molecule has 172 valence electrons. The lowest BCUT2D eigenvalue weighted by atomic mass is 9.80. The number of anilines is 1. The van der Waals surface area contributed by atoms with Crippen LogP contribution in [-0.2, 0) is 4.79 Å². The van der Waals surface area contributed by atoms with Crippen molar-refractivity contribution in [2.24, 2.45) is 0 Å². The Kier molecular flexibility index (Phi) is 14.4. The molecular weight excluding hydrogens is 386 g/mol. The average Bonchev–Trinajstić information content (AvgIpc) is 2.70. The molecule has 1 aromatic rings. The minimum atomic E-state index is -4.99. The largest absolute Gasteiger partial charge is 0.509 e. The molecule has 0 aliphatic rings. The summed E-state index contributed by atoms with van der Waals surface area (Å²) in [5.41, 5.74) is -0.222. The molecule has 6 heteroatoms. The third-order valence-electron chi connectivity index (χ3n) is 5.58. The van der Waals surface area contributed by atoms with Crippen molar-refractivity contribution in [2.75, 3.05) is 5.32 Å². The molecule has 1 rings (SSSR count). The minimum absolute atomic E-state index is 0.130. The van der Waals surface area contributed by atoms with Crippen molar-refractivity contribution in [3.63, 3.8) is 0 Å². The minimum Gasteiger partial charge on any atom is -0.445 e. The van der Waals surface area contributed by atoms with Gasteiger partial charge >= 0.3 is 6.98 Å². The Bertz CT molecular complexity index is 561. The van der Waals surface area contributed by atoms with Crippen molar-refractivity contribution in [2.45, 2.75) is 110 Å². The molecule has 0 aromatic heterocycles. The highest BCUT2D eigenvalue weighted by Crippen LogP contribution is 2.15. The second kappa shape index (κ2) is 16.3. The van der Waals surface area contributed by atoms with E-state index in [0.717, 1.165) is 31.4 Å². The molecule has 1 aromatic carbocycles. The zero-order chi connectivity index (χ0) is 22.1. The molecule has 0 aliphatic carbocycles. The van der Waals surface area contributed by atoms with Crippen LogP contribution in [0.3, 0.4) is 0 Å². The lowest BCUT2D eigenvalue weighted by Gasteiger charge is -2.15. The number of carbonyl (C=O) groups excluding carboxylic acids is 1. The summed E-state index contributed by atoms with van der Waals surface area (Å²) in [6, 6.07) is 4.66. The van der Waals surface area contributed by atoms with Gasteiger partial charge in [0.25, 0.3) is 0 Å². The Morgan fingerprint density at radius 1 is 0.700 bits per heavy atom. The molecule has 0 heterocycles. The first kappa shape index (κ1) is 26.6. The number of nitrogens with one attached hydrogen (secondary N) is 1. The number of amides is 1. The van der Waals surface area contributed by atoms with E-state index in [1.54, 1.807) is 0 Å². The molecular formula is C24H40BF3NO-. The van der Waals surface area contributed by atoms with E-state index in [4.69, 9.17) is 0 Å². The number of carbonyl (C=O) groups is 1. The summed E-state index contributed by atoms with van der Waals surface area (Å²) < 4.78 is 37.8. The topological polar surface area (TPSA) is 29.1 Å². The van der Waals surface area contributed by atoms with Crippen LogP contribution < -0.4 is 10.8 Å². The number of rotatable bonds is 18. The molecule has 0 unspecified atom stereocenters. The van der Waals surface area contributed by atoms with Crippen molar-refractivity contribution >= 4 is 24.0 Å². The van der Waals surface area contributed by atoms with Crippen LogP contribution in [0.5, 0.6) is 0 Å². The highest BCUT2D eigenvalue weighted by atomic mass is 19.4. The first-order chi connectivity index (χ1) is 14.4. The molecule has 0 bridgehead atoms. The highest BCUT2D eigenvalue weighted by Gasteiger charge is 2.24. The van der Waals surface area contributed by atoms with Gasteiger partial charge in [-0.15, -0.1) is 5.46 Å². The monoisotopic (exact) mass is 426 g/mol. The van der Waals surface area contributed by atoms with Gasteiger partial charge in [-0.3, -0.25) is 4.79 Å². The lowest BCUT2D eigenvalue weighted by Crippen LogP contribution is -2.33. The Morgan fingerprint density at radius 3 is 1.50 bits per heavy atom. The number of benzene rings is 1. The number of hydrogen-bond acceptors (Lipinski definition) is 1. The standard InChI is InChI=1S/C24H40BF3NO/c1-2-3-4-5-6-7-8-9-10-11-12-13-14-15-16-17-24(30)29-23-20-18-22(19-21-23)25(26,27)28/h18-21H,2-17H2,1H3,(H,29,30)/q-1. The molecule has 30 heavy (non-hydrogen) atoms. The van der Waals surface area contributed by atoms with Gasteiger partial charge in [-0.25, -0.2) is 0 Å². The Labute approximate surface area is 181 Å². The van der Waals surface area contributed by atoms with Gasteiger partial charge in [0.15, 0.2) is 0 Å². The Balaban J connectivity index is 1.91. The van der Waals surface area contributed by atoms with Crippen LogP contribution in [0.15, 0.2) is 24.3 Å². The second-order valence-corrected chi connectivity index (χ2v) is 8.44. The maximum Gasteiger partial charge on any atom is 0.509 e. The van der Waals surface area contributed by atoms with Crippen LogP contribution in [0.1, 0.15) is 110 Å². The van der Waals surface area contributed by atoms with Crippen molar-refractivity contribution in [1.29, 1.82) is 0 Å². The van der Waals surface area contributed by atoms with Gasteiger partial charge in [-0.1, -0.05) is 109 Å². The molecule has 0 saturated heterocycles. The van der Waals surface area contributed by atoms with Gasteiger partial charge in [0.2, 0.25) is 5.91 Å². The maximum absolute atomic E-state index is 12.6. The third-order valence-corrected chi connectivity index (χ3v) is 5.58. The molecule has 0 fully saturated rings. The number of halogens is 3. The van der Waals surface area contributed by atoms with Crippen LogP contribution in [0, 0.1) is 0 Å². The van der Waals surface area contributed by atoms with Crippen molar-refractivity contribution in [3.05, 3.63) is 24.3 Å². The average molecular weight is 426 g/mol. The van der Waals surface area contributed by atoms with Crippen LogP contribution in [-0.4, -0.2) is 12.9 Å². The smallest absolute Gasteiger partial charge is 0.445 e. The van der Waals surface area contributed by atoms with E-state index in [1.807, 2.05) is 0 Å². The lowest BCUT2D eigenvalue weighted by molar-refractivity contribution is -0.116. The summed E-state index contributed by atoms with van der Waals surface area (Å²) in [5.74, 6) is -0.130. The zero-order valence-corrected chi connectivity index (χ0v) is 18.7. The summed E-state index contributed by atoms with van der Waals surface area (Å²) in [6.07, 6.45) is 19.6. The molecule has 1 N–H and O–H groups in total. The predicted octanol–water partition coefficient (Wildman–Crippen LogP) is 7.94. The Hall–Kier alpha value is -1.46. The first-order valence-corrected chi connectivity index (χ1v) is 12.0. The van der Waals surface area contributed by atoms with E-state index in [9.17, 15) is 17.7 Å².